The first-order chi connectivity index (χ1) is 8.75. The van der Waals surface area contributed by atoms with Crippen LogP contribution in [-0.2, 0) is 22.6 Å². The number of rotatable bonds is 1. The van der Waals surface area contributed by atoms with Crippen molar-refractivity contribution in [3.8, 4) is 0 Å². The van der Waals surface area contributed by atoms with E-state index in [-0.39, 0.29) is 18.1 Å². The third kappa shape index (κ3) is 2.02. The second-order valence-electron chi connectivity index (χ2n) is 4.80. The summed E-state index contributed by atoms with van der Waals surface area (Å²) in [5.74, 6) is 1.08. The Morgan fingerprint density at radius 1 is 1.56 bits per heavy atom. The van der Waals surface area contributed by atoms with Crippen molar-refractivity contribution in [3.63, 3.8) is 0 Å². The zero-order chi connectivity index (χ0) is 12.5. The summed E-state index contributed by atoms with van der Waals surface area (Å²) in [6.07, 6.45) is 3.68. The SMILES string of the molecule is C[C@H]1OCCN[C@@H]1C(=O)N1CCn2ccnc2C1. The van der Waals surface area contributed by atoms with Crippen molar-refractivity contribution in [3.05, 3.63) is 18.2 Å². The van der Waals surface area contributed by atoms with Gasteiger partial charge in [0.2, 0.25) is 5.91 Å². The maximum absolute atomic E-state index is 12.4. The molecule has 0 aliphatic carbocycles. The first-order valence-electron chi connectivity index (χ1n) is 6.39. The molecule has 2 atom stereocenters. The highest BCUT2D eigenvalue weighted by atomic mass is 16.5. The third-order valence-electron chi connectivity index (χ3n) is 3.64. The fraction of sp³-hybridized carbons (Fsp3) is 0.667. The van der Waals surface area contributed by atoms with E-state index in [2.05, 4.69) is 14.9 Å². The number of nitrogens with zero attached hydrogens (tertiary/aromatic N) is 3. The first-order valence-corrected chi connectivity index (χ1v) is 6.39. The fourth-order valence-electron chi connectivity index (χ4n) is 2.57. The number of fused-ring (bicyclic) bond motifs is 1. The maximum Gasteiger partial charge on any atom is 0.242 e. The van der Waals surface area contributed by atoms with Gasteiger partial charge in [-0.15, -0.1) is 0 Å². The van der Waals surface area contributed by atoms with Crippen molar-refractivity contribution in [2.24, 2.45) is 0 Å². The summed E-state index contributed by atoms with van der Waals surface area (Å²) in [5.41, 5.74) is 0. The molecule has 0 unspecified atom stereocenters. The van der Waals surface area contributed by atoms with E-state index in [1.807, 2.05) is 18.0 Å². The Bertz CT molecular complexity index is 445. The molecule has 6 heteroatoms. The normalized spacial score (nSPS) is 27.9. The molecule has 1 aromatic rings. The van der Waals surface area contributed by atoms with Crippen molar-refractivity contribution in [1.82, 2.24) is 19.8 Å². The molecule has 2 aliphatic heterocycles. The van der Waals surface area contributed by atoms with Crippen LogP contribution >= 0.6 is 0 Å². The number of carbonyl (C=O) groups is 1. The molecule has 0 bridgehead atoms. The number of amides is 1. The minimum absolute atomic E-state index is 0.0621. The molecule has 0 radical (unpaired) electrons. The van der Waals surface area contributed by atoms with E-state index in [0.29, 0.717) is 13.2 Å². The van der Waals surface area contributed by atoms with E-state index in [4.69, 9.17) is 4.74 Å². The number of ether oxygens (including phenoxy) is 1. The fourth-order valence-corrected chi connectivity index (χ4v) is 2.57. The molecule has 1 amide bonds. The minimum atomic E-state index is -0.222. The van der Waals surface area contributed by atoms with Gasteiger partial charge in [-0.25, -0.2) is 4.98 Å². The number of carbonyl (C=O) groups excluding carboxylic acids is 1. The molecule has 6 nitrogen and oxygen atoms in total. The molecule has 2 aliphatic rings. The summed E-state index contributed by atoms with van der Waals surface area (Å²) in [5, 5.41) is 3.24. The van der Waals surface area contributed by atoms with Crippen molar-refractivity contribution in [1.29, 1.82) is 0 Å². The van der Waals surface area contributed by atoms with Crippen LogP contribution in [0.25, 0.3) is 0 Å². The highest BCUT2D eigenvalue weighted by Gasteiger charge is 2.33. The minimum Gasteiger partial charge on any atom is -0.375 e. The van der Waals surface area contributed by atoms with E-state index in [9.17, 15) is 4.79 Å². The lowest BCUT2D eigenvalue weighted by molar-refractivity contribution is -0.141. The van der Waals surface area contributed by atoms with Gasteiger partial charge in [-0.2, -0.15) is 0 Å². The predicted molar refractivity (Wildman–Crippen MR) is 64.8 cm³/mol. The molecule has 98 valence electrons. The molecular weight excluding hydrogens is 232 g/mol. The van der Waals surface area contributed by atoms with Crippen LogP contribution in [0.3, 0.4) is 0 Å². The van der Waals surface area contributed by atoms with Crippen LogP contribution in [0.1, 0.15) is 12.7 Å². The maximum atomic E-state index is 12.4. The van der Waals surface area contributed by atoms with Crippen molar-refractivity contribution in [2.75, 3.05) is 19.7 Å². The van der Waals surface area contributed by atoms with E-state index < -0.39 is 0 Å². The molecule has 1 saturated heterocycles. The highest BCUT2D eigenvalue weighted by Crippen LogP contribution is 2.14. The van der Waals surface area contributed by atoms with E-state index in [0.717, 1.165) is 25.5 Å². The van der Waals surface area contributed by atoms with Crippen LogP contribution < -0.4 is 5.32 Å². The van der Waals surface area contributed by atoms with Crippen molar-refractivity contribution in [2.45, 2.75) is 32.2 Å². The van der Waals surface area contributed by atoms with Gasteiger partial charge < -0.3 is 19.5 Å². The van der Waals surface area contributed by atoms with Crippen LogP contribution in [0.2, 0.25) is 0 Å². The molecule has 3 heterocycles. The first kappa shape index (κ1) is 11.7. The van der Waals surface area contributed by atoms with Crippen LogP contribution in [0.15, 0.2) is 12.4 Å². The summed E-state index contributed by atoms with van der Waals surface area (Å²) in [4.78, 5) is 18.6. The summed E-state index contributed by atoms with van der Waals surface area (Å²) in [7, 11) is 0. The zero-order valence-electron chi connectivity index (χ0n) is 10.5. The van der Waals surface area contributed by atoms with Gasteiger partial charge in [0, 0.05) is 32.0 Å². The smallest absolute Gasteiger partial charge is 0.242 e. The number of imidazole rings is 1. The van der Waals surface area contributed by atoms with Crippen molar-refractivity contribution < 1.29 is 9.53 Å². The molecule has 1 fully saturated rings. The van der Waals surface area contributed by atoms with Crippen LogP contribution in [-0.4, -0.2) is 52.2 Å². The van der Waals surface area contributed by atoms with Gasteiger partial charge in [-0.1, -0.05) is 0 Å². The van der Waals surface area contributed by atoms with E-state index in [1.165, 1.54) is 0 Å². The third-order valence-corrected chi connectivity index (χ3v) is 3.64. The lowest BCUT2D eigenvalue weighted by Gasteiger charge is -2.35. The number of morpholine rings is 1. The topological polar surface area (TPSA) is 59.4 Å². The molecular formula is C12H18N4O2. The summed E-state index contributed by atoms with van der Waals surface area (Å²) < 4.78 is 7.62. The van der Waals surface area contributed by atoms with Crippen LogP contribution in [0, 0.1) is 0 Å². The van der Waals surface area contributed by atoms with Gasteiger partial charge in [0.05, 0.1) is 19.3 Å². The molecule has 0 aromatic carbocycles. The lowest BCUT2D eigenvalue weighted by atomic mass is 10.1. The average molecular weight is 250 g/mol. The number of aromatic nitrogens is 2. The van der Waals surface area contributed by atoms with Crippen LogP contribution in [0.5, 0.6) is 0 Å². The van der Waals surface area contributed by atoms with Gasteiger partial charge in [0.25, 0.3) is 0 Å². The molecule has 3 rings (SSSR count). The molecule has 18 heavy (non-hydrogen) atoms. The Hall–Kier alpha value is -1.40. The van der Waals surface area contributed by atoms with E-state index in [1.54, 1.807) is 6.20 Å². The molecule has 0 saturated carbocycles. The quantitative estimate of drug-likeness (QED) is 0.737. The number of nitrogens with one attached hydrogen (secondary N) is 1. The summed E-state index contributed by atoms with van der Waals surface area (Å²) in [6, 6.07) is -0.222. The van der Waals surface area contributed by atoms with Gasteiger partial charge in [0.15, 0.2) is 0 Å². The average Bonchev–Trinajstić information content (AvgIpc) is 2.85. The van der Waals surface area contributed by atoms with Gasteiger partial charge in [-0.05, 0) is 6.92 Å². The second kappa shape index (κ2) is 4.70. The monoisotopic (exact) mass is 250 g/mol. The number of hydrogen-bond donors (Lipinski definition) is 1. The number of hydrogen-bond acceptors (Lipinski definition) is 4. The van der Waals surface area contributed by atoms with Crippen LogP contribution in [0.4, 0.5) is 0 Å². The van der Waals surface area contributed by atoms with Gasteiger partial charge >= 0.3 is 0 Å². The Kier molecular flexibility index (Phi) is 3.05. The largest absolute Gasteiger partial charge is 0.375 e. The zero-order valence-corrected chi connectivity index (χ0v) is 10.5. The molecule has 1 N–H and O–H groups in total. The van der Waals surface area contributed by atoms with Gasteiger partial charge in [0.1, 0.15) is 11.9 Å². The predicted octanol–water partition coefficient (Wildman–Crippen LogP) is -0.398. The Labute approximate surface area is 106 Å². The highest BCUT2D eigenvalue weighted by molar-refractivity contribution is 5.82. The summed E-state index contributed by atoms with van der Waals surface area (Å²) >= 11 is 0. The Morgan fingerprint density at radius 2 is 2.44 bits per heavy atom. The van der Waals surface area contributed by atoms with E-state index >= 15 is 0 Å². The van der Waals surface area contributed by atoms with Gasteiger partial charge in [-0.3, -0.25) is 4.79 Å². The molecule has 0 spiro atoms. The molecule has 1 aromatic heterocycles. The Balaban J connectivity index is 1.70. The second-order valence-corrected chi connectivity index (χ2v) is 4.80. The lowest BCUT2D eigenvalue weighted by Crippen LogP contribution is -2.57. The van der Waals surface area contributed by atoms with Crippen molar-refractivity contribution >= 4 is 5.91 Å². The standard InChI is InChI=1S/C12H18N4O2/c1-9-11(14-3-7-18-9)12(17)16-6-5-15-4-2-13-10(15)8-16/h2,4,9,11,14H,3,5-8H2,1H3/t9-,11+/m1/s1. The Morgan fingerprint density at radius 3 is 3.28 bits per heavy atom. The summed E-state index contributed by atoms with van der Waals surface area (Å²) in [6.45, 7) is 5.52.